The van der Waals surface area contributed by atoms with Crippen LogP contribution in [0.1, 0.15) is 18.4 Å². The Labute approximate surface area is 102 Å². The van der Waals surface area contributed by atoms with Crippen LogP contribution in [0.3, 0.4) is 0 Å². The predicted molar refractivity (Wildman–Crippen MR) is 68.4 cm³/mol. The maximum Gasteiger partial charge on any atom is 0.237 e. The Morgan fingerprint density at radius 1 is 1.29 bits per heavy atom. The fourth-order valence-corrected chi connectivity index (χ4v) is 2.00. The van der Waals surface area contributed by atoms with E-state index in [0.717, 1.165) is 18.4 Å². The second kappa shape index (κ2) is 5.64. The molecule has 1 aromatic rings. The van der Waals surface area contributed by atoms with Crippen LogP contribution < -0.4 is 11.1 Å². The van der Waals surface area contributed by atoms with Gasteiger partial charge in [-0.15, -0.1) is 0 Å². The van der Waals surface area contributed by atoms with Crippen molar-refractivity contribution in [2.45, 2.75) is 31.3 Å². The zero-order valence-electron chi connectivity index (χ0n) is 9.80. The minimum absolute atomic E-state index is 0.0532. The molecule has 1 amide bonds. The molecule has 2 rings (SSSR count). The smallest absolute Gasteiger partial charge is 0.237 e. The number of carbonyl (C=O) groups is 1. The van der Waals surface area contributed by atoms with E-state index in [2.05, 4.69) is 17.5 Å². The summed E-state index contributed by atoms with van der Waals surface area (Å²) in [5.41, 5.74) is 6.99. The maximum absolute atomic E-state index is 11.8. The number of carbonyl (C=O) groups excluding carboxylic acids is 1. The van der Waals surface area contributed by atoms with Crippen LogP contribution in [0.15, 0.2) is 42.5 Å². The summed E-state index contributed by atoms with van der Waals surface area (Å²) in [5, 5.41) is 2.97. The van der Waals surface area contributed by atoms with Crippen molar-refractivity contribution in [3.63, 3.8) is 0 Å². The van der Waals surface area contributed by atoms with Gasteiger partial charge in [-0.3, -0.25) is 4.79 Å². The van der Waals surface area contributed by atoms with E-state index in [-0.39, 0.29) is 11.9 Å². The lowest BCUT2D eigenvalue weighted by atomic mass is 10.1. The third-order valence-corrected chi connectivity index (χ3v) is 2.99. The van der Waals surface area contributed by atoms with Crippen molar-refractivity contribution in [2.75, 3.05) is 0 Å². The third kappa shape index (κ3) is 3.43. The van der Waals surface area contributed by atoms with Crippen LogP contribution in [-0.4, -0.2) is 18.0 Å². The molecule has 0 heterocycles. The lowest BCUT2D eigenvalue weighted by Crippen LogP contribution is -2.45. The van der Waals surface area contributed by atoms with Gasteiger partial charge in [-0.25, -0.2) is 0 Å². The molecule has 0 aromatic heterocycles. The SMILES string of the molecule is N[C@H](Cc1ccccc1)C(=O)NC1CC=CC1. The van der Waals surface area contributed by atoms with Crippen LogP contribution in [0.5, 0.6) is 0 Å². The molecule has 17 heavy (non-hydrogen) atoms. The Bertz CT molecular complexity index is 392. The van der Waals surface area contributed by atoms with E-state index in [1.165, 1.54) is 0 Å². The summed E-state index contributed by atoms with van der Waals surface area (Å²) in [4.78, 5) is 11.8. The number of benzene rings is 1. The van der Waals surface area contributed by atoms with E-state index < -0.39 is 6.04 Å². The molecule has 0 bridgehead atoms. The molecule has 0 aliphatic heterocycles. The zero-order chi connectivity index (χ0) is 12.1. The van der Waals surface area contributed by atoms with Crippen molar-refractivity contribution >= 4 is 5.91 Å². The number of nitrogens with two attached hydrogens (primary N) is 1. The monoisotopic (exact) mass is 230 g/mol. The van der Waals surface area contributed by atoms with Gasteiger partial charge in [-0.2, -0.15) is 0 Å². The predicted octanol–water partition coefficient (Wildman–Crippen LogP) is 1.39. The standard InChI is InChI=1S/C14H18N2O/c15-13(10-11-6-2-1-3-7-11)14(17)16-12-8-4-5-9-12/h1-7,12-13H,8-10,15H2,(H,16,17)/t13-/m1/s1. The van der Waals surface area contributed by atoms with E-state index in [9.17, 15) is 4.79 Å². The first kappa shape index (κ1) is 11.9. The van der Waals surface area contributed by atoms with Crippen LogP contribution in [0.2, 0.25) is 0 Å². The molecule has 1 aromatic carbocycles. The molecule has 0 saturated carbocycles. The summed E-state index contributed by atoms with van der Waals surface area (Å²) in [6, 6.07) is 9.64. The van der Waals surface area contributed by atoms with Gasteiger partial charge in [0.25, 0.3) is 0 Å². The highest BCUT2D eigenvalue weighted by Gasteiger charge is 2.18. The summed E-state index contributed by atoms with van der Waals surface area (Å²) in [6.07, 6.45) is 6.61. The van der Waals surface area contributed by atoms with Crippen LogP contribution in [-0.2, 0) is 11.2 Å². The first-order valence-electron chi connectivity index (χ1n) is 6.00. The topological polar surface area (TPSA) is 55.1 Å². The highest BCUT2D eigenvalue weighted by Crippen LogP contribution is 2.09. The Hall–Kier alpha value is -1.61. The fraction of sp³-hybridized carbons (Fsp3) is 0.357. The van der Waals surface area contributed by atoms with Crippen molar-refractivity contribution in [1.29, 1.82) is 0 Å². The summed E-state index contributed by atoms with van der Waals surface area (Å²) in [6.45, 7) is 0. The summed E-state index contributed by atoms with van der Waals surface area (Å²) < 4.78 is 0. The molecule has 3 heteroatoms. The average Bonchev–Trinajstić information content (AvgIpc) is 2.83. The van der Waals surface area contributed by atoms with Gasteiger partial charge in [0.15, 0.2) is 0 Å². The zero-order valence-corrected chi connectivity index (χ0v) is 9.80. The Morgan fingerprint density at radius 3 is 2.59 bits per heavy atom. The minimum atomic E-state index is -0.460. The third-order valence-electron chi connectivity index (χ3n) is 2.99. The van der Waals surface area contributed by atoms with Crippen molar-refractivity contribution < 1.29 is 4.79 Å². The molecule has 0 unspecified atom stereocenters. The second-order valence-electron chi connectivity index (χ2n) is 4.44. The fourth-order valence-electron chi connectivity index (χ4n) is 2.00. The molecule has 1 atom stereocenters. The lowest BCUT2D eigenvalue weighted by Gasteiger charge is -2.16. The molecule has 3 N–H and O–H groups in total. The van der Waals surface area contributed by atoms with E-state index in [0.29, 0.717) is 6.42 Å². The molecule has 0 fully saturated rings. The molecule has 0 spiro atoms. The molecule has 1 aliphatic carbocycles. The average molecular weight is 230 g/mol. The molecule has 3 nitrogen and oxygen atoms in total. The van der Waals surface area contributed by atoms with E-state index >= 15 is 0 Å². The molecule has 0 saturated heterocycles. The van der Waals surface area contributed by atoms with Crippen LogP contribution in [0.25, 0.3) is 0 Å². The first-order chi connectivity index (χ1) is 8.25. The maximum atomic E-state index is 11.8. The van der Waals surface area contributed by atoms with Crippen molar-refractivity contribution in [3.05, 3.63) is 48.0 Å². The van der Waals surface area contributed by atoms with Crippen molar-refractivity contribution in [2.24, 2.45) is 5.73 Å². The molecule has 0 radical (unpaired) electrons. The number of rotatable bonds is 4. The van der Waals surface area contributed by atoms with Crippen LogP contribution in [0, 0.1) is 0 Å². The normalized spacial score (nSPS) is 17.0. The van der Waals surface area contributed by atoms with Gasteiger partial charge < -0.3 is 11.1 Å². The number of hydrogen-bond donors (Lipinski definition) is 2. The van der Waals surface area contributed by atoms with Gasteiger partial charge in [0, 0.05) is 6.04 Å². The van der Waals surface area contributed by atoms with Crippen LogP contribution in [0.4, 0.5) is 0 Å². The number of hydrogen-bond acceptors (Lipinski definition) is 2. The Morgan fingerprint density at radius 2 is 1.94 bits per heavy atom. The largest absolute Gasteiger partial charge is 0.351 e. The minimum Gasteiger partial charge on any atom is -0.351 e. The van der Waals surface area contributed by atoms with Crippen LogP contribution >= 0.6 is 0 Å². The number of amides is 1. The summed E-state index contributed by atoms with van der Waals surface area (Å²) in [7, 11) is 0. The molecule has 90 valence electrons. The lowest BCUT2D eigenvalue weighted by molar-refractivity contribution is -0.122. The quantitative estimate of drug-likeness (QED) is 0.768. The van der Waals surface area contributed by atoms with Gasteiger partial charge in [0.1, 0.15) is 0 Å². The van der Waals surface area contributed by atoms with Crippen molar-refractivity contribution in [1.82, 2.24) is 5.32 Å². The highest BCUT2D eigenvalue weighted by molar-refractivity contribution is 5.82. The van der Waals surface area contributed by atoms with Gasteiger partial charge in [0.2, 0.25) is 5.91 Å². The first-order valence-corrected chi connectivity index (χ1v) is 6.00. The Kier molecular flexibility index (Phi) is 3.94. The molecular weight excluding hydrogens is 212 g/mol. The van der Waals surface area contributed by atoms with Crippen molar-refractivity contribution in [3.8, 4) is 0 Å². The molecular formula is C14H18N2O. The number of nitrogens with one attached hydrogen (secondary N) is 1. The summed E-state index contributed by atoms with van der Waals surface area (Å²) in [5.74, 6) is -0.0532. The van der Waals surface area contributed by atoms with E-state index in [1.54, 1.807) is 0 Å². The van der Waals surface area contributed by atoms with Gasteiger partial charge in [-0.1, -0.05) is 42.5 Å². The van der Waals surface area contributed by atoms with E-state index in [4.69, 9.17) is 5.73 Å². The highest BCUT2D eigenvalue weighted by atomic mass is 16.2. The summed E-state index contributed by atoms with van der Waals surface area (Å²) >= 11 is 0. The van der Waals surface area contributed by atoms with Gasteiger partial charge in [-0.05, 0) is 24.8 Å². The van der Waals surface area contributed by atoms with Gasteiger partial charge >= 0.3 is 0 Å². The van der Waals surface area contributed by atoms with Gasteiger partial charge in [0.05, 0.1) is 6.04 Å². The Balaban J connectivity index is 1.83. The second-order valence-corrected chi connectivity index (χ2v) is 4.44. The molecule has 1 aliphatic rings. The van der Waals surface area contributed by atoms with E-state index in [1.807, 2.05) is 30.3 Å².